The summed E-state index contributed by atoms with van der Waals surface area (Å²) in [5, 5.41) is 10.7. The lowest BCUT2D eigenvalue weighted by molar-refractivity contribution is 0.187. The number of hydrogen-bond acceptors (Lipinski definition) is 5. The lowest BCUT2D eigenvalue weighted by Crippen LogP contribution is -2.49. The molecule has 2 aliphatic heterocycles. The minimum absolute atomic E-state index is 0.464. The molecule has 1 atom stereocenters. The van der Waals surface area contributed by atoms with Crippen LogP contribution in [0.25, 0.3) is 0 Å². The second kappa shape index (κ2) is 9.98. The molecule has 7 heteroatoms. The SMILES string of the molecule is c1coc(CCNC(=NCC2CCOC2)NC2CCN(c3cccs3)CC2)c1. The third-order valence-electron chi connectivity index (χ3n) is 5.43. The van der Waals surface area contributed by atoms with Gasteiger partial charge in [0.15, 0.2) is 5.96 Å². The van der Waals surface area contributed by atoms with Gasteiger partial charge in [0.05, 0.1) is 17.9 Å². The van der Waals surface area contributed by atoms with Crippen molar-refractivity contribution in [3.05, 3.63) is 41.7 Å². The monoisotopic (exact) mass is 402 g/mol. The molecule has 2 N–H and O–H groups in total. The van der Waals surface area contributed by atoms with Crippen LogP contribution in [0.15, 0.2) is 45.3 Å². The van der Waals surface area contributed by atoms with Crippen LogP contribution in [0.2, 0.25) is 0 Å². The van der Waals surface area contributed by atoms with Gasteiger partial charge < -0.3 is 24.7 Å². The van der Waals surface area contributed by atoms with Crippen molar-refractivity contribution in [1.82, 2.24) is 10.6 Å². The minimum Gasteiger partial charge on any atom is -0.469 e. The van der Waals surface area contributed by atoms with Crippen LogP contribution < -0.4 is 15.5 Å². The van der Waals surface area contributed by atoms with E-state index in [1.165, 1.54) is 5.00 Å². The van der Waals surface area contributed by atoms with Crippen molar-refractivity contribution in [1.29, 1.82) is 0 Å². The summed E-state index contributed by atoms with van der Waals surface area (Å²) in [6.07, 6.45) is 5.95. The number of ether oxygens (including phenoxy) is 1. The lowest BCUT2D eigenvalue weighted by atomic mass is 10.1. The molecule has 0 bridgehead atoms. The van der Waals surface area contributed by atoms with Gasteiger partial charge in [-0.05, 0) is 48.9 Å². The smallest absolute Gasteiger partial charge is 0.191 e. The van der Waals surface area contributed by atoms with E-state index in [-0.39, 0.29) is 0 Å². The topological polar surface area (TPSA) is 62.0 Å². The maximum absolute atomic E-state index is 5.49. The Morgan fingerprint density at radius 2 is 2.14 bits per heavy atom. The van der Waals surface area contributed by atoms with Gasteiger partial charge >= 0.3 is 0 Å². The predicted octanol–water partition coefficient (Wildman–Crippen LogP) is 3.12. The molecule has 2 saturated heterocycles. The average molecular weight is 403 g/mol. The number of piperidine rings is 1. The molecule has 0 aromatic carbocycles. The summed E-state index contributed by atoms with van der Waals surface area (Å²) < 4.78 is 10.9. The zero-order chi connectivity index (χ0) is 19.0. The Morgan fingerprint density at radius 1 is 1.21 bits per heavy atom. The van der Waals surface area contributed by atoms with Gasteiger partial charge in [-0.25, -0.2) is 0 Å². The van der Waals surface area contributed by atoms with Crippen molar-refractivity contribution in [3.8, 4) is 0 Å². The third-order valence-corrected chi connectivity index (χ3v) is 6.36. The molecule has 0 spiro atoms. The number of nitrogens with zero attached hydrogens (tertiary/aromatic N) is 2. The van der Waals surface area contributed by atoms with Gasteiger partial charge in [0, 0.05) is 51.2 Å². The van der Waals surface area contributed by atoms with Crippen molar-refractivity contribution >= 4 is 22.3 Å². The van der Waals surface area contributed by atoms with E-state index >= 15 is 0 Å². The van der Waals surface area contributed by atoms with E-state index in [1.54, 1.807) is 6.26 Å². The number of hydrogen-bond donors (Lipinski definition) is 2. The molecule has 28 heavy (non-hydrogen) atoms. The van der Waals surface area contributed by atoms with E-state index in [4.69, 9.17) is 14.1 Å². The van der Waals surface area contributed by atoms with Crippen molar-refractivity contribution in [3.63, 3.8) is 0 Å². The molecule has 2 aliphatic rings. The molecule has 152 valence electrons. The first-order valence-corrected chi connectivity index (χ1v) is 11.2. The van der Waals surface area contributed by atoms with E-state index in [9.17, 15) is 0 Å². The zero-order valence-electron chi connectivity index (χ0n) is 16.3. The third kappa shape index (κ3) is 5.52. The fourth-order valence-corrected chi connectivity index (χ4v) is 4.53. The largest absolute Gasteiger partial charge is 0.469 e. The van der Waals surface area contributed by atoms with Gasteiger partial charge in [-0.1, -0.05) is 0 Å². The van der Waals surface area contributed by atoms with Gasteiger partial charge in [-0.15, -0.1) is 11.3 Å². The molecule has 0 aliphatic carbocycles. The number of furan rings is 1. The van der Waals surface area contributed by atoms with Crippen molar-refractivity contribution < 1.29 is 9.15 Å². The normalized spacial score (nSPS) is 21.2. The van der Waals surface area contributed by atoms with E-state index < -0.39 is 0 Å². The second-order valence-corrected chi connectivity index (χ2v) is 8.46. The van der Waals surface area contributed by atoms with Crippen LogP contribution in [0.5, 0.6) is 0 Å². The van der Waals surface area contributed by atoms with Crippen LogP contribution >= 0.6 is 11.3 Å². The Kier molecular flexibility index (Phi) is 6.89. The van der Waals surface area contributed by atoms with Crippen LogP contribution in [-0.4, -0.2) is 51.4 Å². The number of thiophene rings is 1. The second-order valence-electron chi connectivity index (χ2n) is 7.53. The molecular formula is C21H30N4O2S. The molecule has 0 amide bonds. The van der Waals surface area contributed by atoms with E-state index in [0.29, 0.717) is 12.0 Å². The van der Waals surface area contributed by atoms with E-state index in [1.807, 2.05) is 23.5 Å². The number of aliphatic imine (C=N–C) groups is 1. The number of nitrogens with one attached hydrogen (secondary N) is 2. The Balaban J connectivity index is 1.28. The van der Waals surface area contributed by atoms with Crippen LogP contribution in [0.3, 0.4) is 0 Å². The summed E-state index contributed by atoms with van der Waals surface area (Å²) in [4.78, 5) is 7.35. The minimum atomic E-state index is 0.464. The molecule has 4 rings (SSSR count). The molecule has 2 aromatic heterocycles. The van der Waals surface area contributed by atoms with Gasteiger partial charge in [-0.2, -0.15) is 0 Å². The van der Waals surface area contributed by atoms with Crippen LogP contribution in [-0.2, 0) is 11.2 Å². The summed E-state index contributed by atoms with van der Waals surface area (Å²) in [6.45, 7) is 5.53. The summed E-state index contributed by atoms with van der Waals surface area (Å²) in [6, 6.07) is 8.76. The van der Waals surface area contributed by atoms with Crippen LogP contribution in [0, 0.1) is 5.92 Å². The standard InChI is InChI=1S/C21H30N4O2S/c1-3-19(27-12-1)5-9-22-21(23-15-17-8-13-26-16-17)24-18-6-10-25(11-7-18)20-4-2-14-28-20/h1-4,12,14,17-18H,5-11,13,15-16H2,(H2,22,23,24). The maximum Gasteiger partial charge on any atom is 0.191 e. The van der Waals surface area contributed by atoms with Crippen molar-refractivity contribution in [2.75, 3.05) is 44.3 Å². The average Bonchev–Trinajstić information content (AvgIpc) is 3.50. The Hall–Kier alpha value is -1.99. The highest BCUT2D eigenvalue weighted by Crippen LogP contribution is 2.24. The van der Waals surface area contributed by atoms with Crippen molar-refractivity contribution in [2.45, 2.75) is 31.7 Å². The lowest BCUT2D eigenvalue weighted by Gasteiger charge is -2.33. The van der Waals surface area contributed by atoms with E-state index in [0.717, 1.165) is 76.8 Å². The number of anilines is 1. The molecule has 0 radical (unpaired) electrons. The highest BCUT2D eigenvalue weighted by Gasteiger charge is 2.21. The zero-order valence-corrected chi connectivity index (χ0v) is 17.1. The van der Waals surface area contributed by atoms with Gasteiger partial charge in [0.1, 0.15) is 5.76 Å². The van der Waals surface area contributed by atoms with Gasteiger partial charge in [-0.3, -0.25) is 4.99 Å². The fraction of sp³-hybridized carbons (Fsp3) is 0.571. The first-order valence-electron chi connectivity index (χ1n) is 10.3. The Morgan fingerprint density at radius 3 is 2.86 bits per heavy atom. The first-order chi connectivity index (χ1) is 13.9. The fourth-order valence-electron chi connectivity index (χ4n) is 3.75. The summed E-state index contributed by atoms with van der Waals surface area (Å²) in [5.41, 5.74) is 0. The number of rotatable bonds is 7. The molecule has 6 nitrogen and oxygen atoms in total. The van der Waals surface area contributed by atoms with Crippen LogP contribution in [0.4, 0.5) is 5.00 Å². The van der Waals surface area contributed by atoms with E-state index in [2.05, 4.69) is 33.0 Å². The van der Waals surface area contributed by atoms with Crippen LogP contribution in [0.1, 0.15) is 25.0 Å². The molecule has 2 fully saturated rings. The summed E-state index contributed by atoms with van der Waals surface area (Å²) in [5.74, 6) is 2.47. The first kappa shape index (κ1) is 19.3. The Bertz CT molecular complexity index is 703. The predicted molar refractivity (Wildman–Crippen MR) is 114 cm³/mol. The summed E-state index contributed by atoms with van der Waals surface area (Å²) >= 11 is 1.83. The maximum atomic E-state index is 5.49. The van der Waals surface area contributed by atoms with Crippen molar-refractivity contribution in [2.24, 2.45) is 10.9 Å². The Labute approximate surface area is 171 Å². The summed E-state index contributed by atoms with van der Waals surface area (Å²) in [7, 11) is 0. The quantitative estimate of drug-likeness (QED) is 0.550. The molecular weight excluding hydrogens is 372 g/mol. The van der Waals surface area contributed by atoms with Gasteiger partial charge in [0.25, 0.3) is 0 Å². The molecule has 0 saturated carbocycles. The highest BCUT2D eigenvalue weighted by molar-refractivity contribution is 7.14. The molecule has 4 heterocycles. The highest BCUT2D eigenvalue weighted by atomic mass is 32.1. The molecule has 1 unspecified atom stereocenters. The molecule has 2 aromatic rings. The van der Waals surface area contributed by atoms with Gasteiger partial charge in [0.2, 0.25) is 0 Å². The number of guanidine groups is 1.